The van der Waals surface area contributed by atoms with Gasteiger partial charge in [0.05, 0.1) is 38.4 Å². The normalized spacial score (nSPS) is 14.8. The first kappa shape index (κ1) is 28.2. The highest BCUT2D eigenvalue weighted by Gasteiger charge is 2.33. The Kier molecular flexibility index (Phi) is 8.27. The van der Waals surface area contributed by atoms with Gasteiger partial charge in [0.2, 0.25) is 0 Å². The number of carbonyl (C=O) groups is 1. The molecule has 0 bridgehead atoms. The number of methoxy groups -OCH3 is 1. The molecule has 208 valence electrons. The monoisotopic (exact) mass is 633 g/mol. The van der Waals surface area contributed by atoms with E-state index in [0.717, 1.165) is 11.1 Å². The van der Waals surface area contributed by atoms with Crippen LogP contribution in [-0.2, 0) is 16.1 Å². The van der Waals surface area contributed by atoms with E-state index in [1.165, 1.54) is 30.6 Å². The van der Waals surface area contributed by atoms with Gasteiger partial charge >= 0.3 is 5.97 Å². The molecule has 4 aromatic rings. The Morgan fingerprint density at radius 3 is 2.61 bits per heavy atom. The molecule has 0 radical (unpaired) electrons. The summed E-state index contributed by atoms with van der Waals surface area (Å²) in [6.45, 7) is 2.07. The number of thiazole rings is 1. The van der Waals surface area contributed by atoms with Gasteiger partial charge in [-0.1, -0.05) is 66.8 Å². The van der Waals surface area contributed by atoms with Crippen molar-refractivity contribution in [3.63, 3.8) is 0 Å². The molecular weight excluding hydrogens is 610 g/mol. The first-order chi connectivity index (χ1) is 19.8. The number of hydrogen-bond acceptors (Lipinski definition) is 8. The van der Waals surface area contributed by atoms with Crippen LogP contribution in [0.5, 0.6) is 5.75 Å². The molecule has 11 heteroatoms. The van der Waals surface area contributed by atoms with Crippen molar-refractivity contribution < 1.29 is 19.2 Å². The number of aromatic nitrogens is 1. The number of halogens is 1. The number of non-ortho nitro benzene ring substituents is 1. The molecule has 0 saturated carbocycles. The van der Waals surface area contributed by atoms with Gasteiger partial charge in [0.15, 0.2) is 4.80 Å². The van der Waals surface area contributed by atoms with Crippen molar-refractivity contribution in [3.8, 4) is 5.75 Å². The molecule has 5 rings (SSSR count). The quantitative estimate of drug-likeness (QED) is 0.152. The number of nitro groups is 1. The van der Waals surface area contributed by atoms with E-state index < -0.39 is 16.9 Å². The van der Waals surface area contributed by atoms with E-state index in [9.17, 15) is 19.7 Å². The second kappa shape index (κ2) is 12.0. The molecule has 3 aromatic carbocycles. The zero-order valence-electron chi connectivity index (χ0n) is 22.1. The van der Waals surface area contributed by atoms with Crippen LogP contribution in [0, 0.1) is 10.1 Å². The lowest BCUT2D eigenvalue weighted by Crippen LogP contribution is -2.40. The SMILES string of the molecule is CCC1=C(C(=O)OC)[C@H](c2ccccc2)n2c(s/c(=C\c3ccc(OCc4cccc([N+](=O)[O-])c4)c(Br)c3)c2=O)=N1. The van der Waals surface area contributed by atoms with Crippen molar-refractivity contribution in [3.05, 3.63) is 135 Å². The Morgan fingerprint density at radius 1 is 1.15 bits per heavy atom. The molecule has 0 fully saturated rings. The van der Waals surface area contributed by atoms with Crippen LogP contribution in [0.1, 0.15) is 36.1 Å². The number of ether oxygens (including phenoxy) is 2. The van der Waals surface area contributed by atoms with Gasteiger partial charge in [0, 0.05) is 12.1 Å². The number of esters is 1. The lowest BCUT2D eigenvalue weighted by Gasteiger charge is -2.25. The molecule has 0 amide bonds. The number of hydrogen-bond donors (Lipinski definition) is 0. The van der Waals surface area contributed by atoms with E-state index >= 15 is 0 Å². The first-order valence-corrected chi connectivity index (χ1v) is 14.3. The first-order valence-electron chi connectivity index (χ1n) is 12.6. The van der Waals surface area contributed by atoms with Crippen LogP contribution >= 0.6 is 27.3 Å². The minimum absolute atomic E-state index is 0.00116. The summed E-state index contributed by atoms with van der Waals surface area (Å²) < 4.78 is 13.6. The Labute approximate surface area is 247 Å². The van der Waals surface area contributed by atoms with Crippen LogP contribution in [0.3, 0.4) is 0 Å². The summed E-state index contributed by atoms with van der Waals surface area (Å²) in [5.41, 5.74) is 2.89. The molecule has 2 heterocycles. The van der Waals surface area contributed by atoms with Crippen molar-refractivity contribution in [1.29, 1.82) is 0 Å². The zero-order valence-corrected chi connectivity index (χ0v) is 24.5. The van der Waals surface area contributed by atoms with E-state index in [0.29, 0.717) is 42.8 Å². The maximum atomic E-state index is 13.8. The molecule has 1 aromatic heterocycles. The lowest BCUT2D eigenvalue weighted by atomic mass is 9.95. The third kappa shape index (κ3) is 5.77. The Balaban J connectivity index is 1.50. The van der Waals surface area contributed by atoms with E-state index in [1.807, 2.05) is 49.4 Å². The number of fused-ring (bicyclic) bond motifs is 1. The van der Waals surface area contributed by atoms with Crippen LogP contribution in [0.2, 0.25) is 0 Å². The summed E-state index contributed by atoms with van der Waals surface area (Å²) >= 11 is 4.78. The molecule has 0 aliphatic carbocycles. The summed E-state index contributed by atoms with van der Waals surface area (Å²) in [6, 6.07) is 20.4. The van der Waals surface area contributed by atoms with Crippen molar-refractivity contribution in [2.75, 3.05) is 7.11 Å². The average Bonchev–Trinajstić information content (AvgIpc) is 3.29. The zero-order chi connectivity index (χ0) is 29.1. The molecule has 1 aliphatic rings. The van der Waals surface area contributed by atoms with E-state index in [2.05, 4.69) is 20.9 Å². The van der Waals surface area contributed by atoms with Crippen LogP contribution in [0.4, 0.5) is 5.69 Å². The van der Waals surface area contributed by atoms with Crippen LogP contribution in [-0.4, -0.2) is 22.6 Å². The molecule has 9 nitrogen and oxygen atoms in total. The fourth-order valence-electron chi connectivity index (χ4n) is 4.61. The second-order valence-electron chi connectivity index (χ2n) is 9.10. The average molecular weight is 635 g/mol. The van der Waals surface area contributed by atoms with Crippen LogP contribution < -0.4 is 19.6 Å². The molecule has 0 unspecified atom stereocenters. The number of nitrogens with zero attached hydrogens (tertiary/aromatic N) is 3. The highest BCUT2D eigenvalue weighted by molar-refractivity contribution is 9.10. The molecule has 0 spiro atoms. The summed E-state index contributed by atoms with van der Waals surface area (Å²) in [5, 5.41) is 11.0. The van der Waals surface area contributed by atoms with Gasteiger partial charge in [-0.2, -0.15) is 0 Å². The summed E-state index contributed by atoms with van der Waals surface area (Å²) in [6.07, 6.45) is 2.28. The maximum absolute atomic E-state index is 13.8. The largest absolute Gasteiger partial charge is 0.488 e. The highest BCUT2D eigenvalue weighted by atomic mass is 79.9. The van der Waals surface area contributed by atoms with Crippen molar-refractivity contribution in [2.24, 2.45) is 4.99 Å². The van der Waals surface area contributed by atoms with Gasteiger partial charge in [0.1, 0.15) is 12.4 Å². The number of allylic oxidation sites excluding steroid dienone is 1. The minimum Gasteiger partial charge on any atom is -0.488 e. The Morgan fingerprint density at radius 2 is 1.93 bits per heavy atom. The molecular formula is C30H24BrN3O6S. The van der Waals surface area contributed by atoms with Gasteiger partial charge in [-0.25, -0.2) is 9.79 Å². The van der Waals surface area contributed by atoms with Gasteiger partial charge in [0.25, 0.3) is 11.2 Å². The van der Waals surface area contributed by atoms with Gasteiger partial charge in [-0.05, 0) is 57.2 Å². The van der Waals surface area contributed by atoms with E-state index in [1.54, 1.807) is 28.8 Å². The molecule has 41 heavy (non-hydrogen) atoms. The molecule has 0 N–H and O–H groups in total. The fourth-order valence-corrected chi connectivity index (χ4v) is 6.14. The minimum atomic E-state index is -0.659. The third-order valence-electron chi connectivity index (χ3n) is 6.53. The smallest absolute Gasteiger partial charge is 0.338 e. The van der Waals surface area contributed by atoms with Crippen LogP contribution in [0.25, 0.3) is 6.08 Å². The standard InChI is InChI=1S/C30H24BrN3O6S/c1-3-23-26(29(36)39-2)27(20-9-5-4-6-10-20)33-28(35)25(41-30(33)32-23)16-18-12-13-24(22(31)15-18)40-17-19-8-7-11-21(14-19)34(37)38/h4-16,27H,3,17H2,1-2H3/b25-16-/t27-/m0/s1. The van der Waals surface area contributed by atoms with Gasteiger partial charge in [-0.15, -0.1) is 0 Å². The number of carbonyl (C=O) groups excluding carboxylic acids is 1. The van der Waals surface area contributed by atoms with Crippen molar-refractivity contribution >= 4 is 45.0 Å². The fraction of sp³-hybridized carbons (Fsp3) is 0.167. The Hall–Kier alpha value is -4.35. The summed E-state index contributed by atoms with van der Waals surface area (Å²) in [7, 11) is 1.32. The topological polar surface area (TPSA) is 113 Å². The van der Waals surface area contributed by atoms with Crippen molar-refractivity contribution in [2.45, 2.75) is 26.0 Å². The van der Waals surface area contributed by atoms with Gasteiger partial charge in [-0.3, -0.25) is 19.5 Å². The van der Waals surface area contributed by atoms with Crippen LogP contribution in [0.15, 0.2) is 98.3 Å². The third-order valence-corrected chi connectivity index (χ3v) is 8.14. The number of rotatable bonds is 8. The number of nitro benzene ring substituents is 1. The Bertz CT molecular complexity index is 1860. The maximum Gasteiger partial charge on any atom is 0.338 e. The molecule has 1 atom stereocenters. The number of benzene rings is 3. The molecule has 0 saturated heterocycles. The summed E-state index contributed by atoms with van der Waals surface area (Å²) in [5.74, 6) is 0.0351. The molecule has 1 aliphatic heterocycles. The summed E-state index contributed by atoms with van der Waals surface area (Å²) in [4.78, 5) is 42.4. The van der Waals surface area contributed by atoms with E-state index in [-0.39, 0.29) is 17.9 Å². The van der Waals surface area contributed by atoms with Gasteiger partial charge < -0.3 is 9.47 Å². The highest BCUT2D eigenvalue weighted by Crippen LogP contribution is 2.32. The predicted molar refractivity (Wildman–Crippen MR) is 158 cm³/mol. The predicted octanol–water partition coefficient (Wildman–Crippen LogP) is 5.05. The lowest BCUT2D eigenvalue weighted by molar-refractivity contribution is -0.384. The van der Waals surface area contributed by atoms with E-state index in [4.69, 9.17) is 9.47 Å². The second-order valence-corrected chi connectivity index (χ2v) is 11.0. The van der Waals surface area contributed by atoms with Crippen molar-refractivity contribution in [1.82, 2.24) is 4.57 Å².